The van der Waals surface area contributed by atoms with E-state index in [0.717, 1.165) is 66.4 Å². The molecule has 1 fully saturated rings. The van der Waals surface area contributed by atoms with E-state index in [9.17, 15) is 0 Å². The molecule has 3 heterocycles. The molecule has 0 aliphatic carbocycles. The predicted molar refractivity (Wildman–Crippen MR) is 119 cm³/mol. The van der Waals surface area contributed by atoms with Crippen LogP contribution in [0.4, 0.5) is 5.82 Å². The quantitative estimate of drug-likeness (QED) is 0.575. The lowest BCUT2D eigenvalue weighted by Gasteiger charge is -2.22. The highest BCUT2D eigenvalue weighted by atomic mass is 16.5. The number of ether oxygens (including phenoxy) is 1. The van der Waals surface area contributed by atoms with Gasteiger partial charge in [0, 0.05) is 22.8 Å². The van der Waals surface area contributed by atoms with Crippen LogP contribution in [0, 0.1) is 0 Å². The van der Waals surface area contributed by atoms with Gasteiger partial charge in [-0.15, -0.1) is 0 Å². The van der Waals surface area contributed by atoms with Crippen molar-refractivity contribution in [3.63, 3.8) is 0 Å². The standard InChI is InChI=1S/C25H24N4O/c26-17-18-6-8-20(9-7-18)24-21(19-4-2-1-3-5-19)16-22-23(28-24)10-11-27-25(22)29-12-14-30-15-13-29/h1-11,16H,12-15,17,26H2/p+2. The third-order valence-electron chi connectivity index (χ3n) is 5.70. The zero-order valence-electron chi connectivity index (χ0n) is 17.0. The molecule has 4 aromatic rings. The Morgan fingerprint density at radius 2 is 1.70 bits per heavy atom. The van der Waals surface area contributed by atoms with Gasteiger partial charge in [0.25, 0.3) is 5.82 Å². The van der Waals surface area contributed by atoms with Crippen LogP contribution in [0.25, 0.3) is 33.3 Å². The predicted octanol–water partition coefficient (Wildman–Crippen LogP) is 2.96. The second kappa shape index (κ2) is 8.22. The Kier molecular flexibility index (Phi) is 5.13. The van der Waals surface area contributed by atoms with E-state index in [4.69, 9.17) is 9.72 Å². The Labute approximate surface area is 176 Å². The number of quaternary nitrogens is 1. The Balaban J connectivity index is 1.72. The average molecular weight is 399 g/mol. The summed E-state index contributed by atoms with van der Waals surface area (Å²) >= 11 is 0. The van der Waals surface area contributed by atoms with Crippen molar-refractivity contribution in [2.45, 2.75) is 6.54 Å². The molecular weight excluding hydrogens is 372 g/mol. The van der Waals surface area contributed by atoms with Crippen LogP contribution in [0.2, 0.25) is 0 Å². The van der Waals surface area contributed by atoms with Crippen LogP contribution in [0.1, 0.15) is 5.56 Å². The molecular formula is C25H26N4O+2. The number of morpholine rings is 1. The minimum atomic E-state index is 0.750. The second-order valence-electron chi connectivity index (χ2n) is 7.56. The number of aromatic nitrogens is 2. The van der Waals surface area contributed by atoms with Crippen molar-refractivity contribution in [1.82, 2.24) is 4.98 Å². The number of nitrogens with zero attached hydrogens (tertiary/aromatic N) is 2. The van der Waals surface area contributed by atoms with Crippen LogP contribution in [0.5, 0.6) is 0 Å². The normalized spacial score (nSPS) is 14.2. The summed E-state index contributed by atoms with van der Waals surface area (Å²) in [5, 5.41) is 1.14. The number of hydrogen-bond acceptors (Lipinski definition) is 3. The summed E-state index contributed by atoms with van der Waals surface area (Å²) in [5.41, 5.74) is 10.6. The van der Waals surface area contributed by atoms with Gasteiger partial charge < -0.3 is 10.5 Å². The van der Waals surface area contributed by atoms with Gasteiger partial charge in [-0.25, -0.2) is 9.97 Å². The van der Waals surface area contributed by atoms with Crippen LogP contribution < -0.4 is 15.6 Å². The van der Waals surface area contributed by atoms with Gasteiger partial charge in [0.1, 0.15) is 13.1 Å². The van der Waals surface area contributed by atoms with E-state index < -0.39 is 0 Å². The van der Waals surface area contributed by atoms with Gasteiger partial charge in [0.2, 0.25) is 0 Å². The smallest absolute Gasteiger partial charge is 0.284 e. The Hall–Kier alpha value is -3.28. The van der Waals surface area contributed by atoms with E-state index in [2.05, 4.69) is 76.3 Å². The molecule has 30 heavy (non-hydrogen) atoms. The van der Waals surface area contributed by atoms with E-state index in [-0.39, 0.29) is 0 Å². The van der Waals surface area contributed by atoms with Gasteiger partial charge in [-0.3, -0.25) is 4.90 Å². The Morgan fingerprint density at radius 1 is 0.933 bits per heavy atom. The third kappa shape index (κ3) is 3.54. The van der Waals surface area contributed by atoms with Crippen LogP contribution >= 0.6 is 0 Å². The maximum absolute atomic E-state index is 5.55. The molecule has 1 aliphatic rings. The van der Waals surface area contributed by atoms with E-state index in [1.165, 1.54) is 11.1 Å². The fraction of sp³-hybridized carbons (Fsp3) is 0.200. The molecule has 0 bridgehead atoms. The molecule has 4 N–H and O–H groups in total. The number of H-pyrrole nitrogens is 1. The highest BCUT2D eigenvalue weighted by molar-refractivity contribution is 5.96. The molecule has 0 atom stereocenters. The van der Waals surface area contributed by atoms with Gasteiger partial charge in [-0.2, -0.15) is 0 Å². The first-order chi connectivity index (χ1) is 14.8. The molecule has 5 rings (SSSR count). The fourth-order valence-corrected chi connectivity index (χ4v) is 4.06. The lowest BCUT2D eigenvalue weighted by molar-refractivity contribution is -0.386. The van der Waals surface area contributed by atoms with Crippen molar-refractivity contribution < 1.29 is 15.5 Å². The fourth-order valence-electron chi connectivity index (χ4n) is 4.06. The van der Waals surface area contributed by atoms with E-state index in [0.29, 0.717) is 0 Å². The van der Waals surface area contributed by atoms with E-state index in [1.54, 1.807) is 0 Å². The molecule has 2 aromatic heterocycles. The molecule has 0 radical (unpaired) electrons. The van der Waals surface area contributed by atoms with Crippen LogP contribution in [-0.4, -0.2) is 31.3 Å². The van der Waals surface area contributed by atoms with Gasteiger partial charge in [0.05, 0.1) is 42.6 Å². The number of benzene rings is 2. The van der Waals surface area contributed by atoms with E-state index in [1.807, 2.05) is 12.3 Å². The highest BCUT2D eigenvalue weighted by Gasteiger charge is 2.23. The van der Waals surface area contributed by atoms with Crippen molar-refractivity contribution in [2.75, 3.05) is 31.2 Å². The maximum atomic E-state index is 5.55. The largest absolute Gasteiger partial charge is 0.373 e. The summed E-state index contributed by atoms with van der Waals surface area (Å²) in [6.45, 7) is 4.05. The maximum Gasteiger partial charge on any atom is 0.284 e. The summed E-state index contributed by atoms with van der Waals surface area (Å²) < 4.78 is 5.55. The summed E-state index contributed by atoms with van der Waals surface area (Å²) in [7, 11) is 0. The first-order valence-electron chi connectivity index (χ1n) is 10.5. The minimum absolute atomic E-state index is 0.750. The van der Waals surface area contributed by atoms with Crippen LogP contribution in [0.3, 0.4) is 0 Å². The van der Waals surface area contributed by atoms with Gasteiger partial charge >= 0.3 is 0 Å². The zero-order valence-corrected chi connectivity index (χ0v) is 17.0. The first kappa shape index (κ1) is 18.7. The molecule has 2 aromatic carbocycles. The van der Waals surface area contributed by atoms with Crippen LogP contribution in [0.15, 0.2) is 72.9 Å². The number of hydrogen-bond donors (Lipinski definition) is 1. The Bertz CT molecular complexity index is 1150. The summed E-state index contributed by atoms with van der Waals surface area (Å²) in [5.74, 6) is 1.11. The van der Waals surface area contributed by atoms with Crippen molar-refractivity contribution in [1.29, 1.82) is 0 Å². The summed E-state index contributed by atoms with van der Waals surface area (Å²) in [4.78, 5) is 10.9. The second-order valence-corrected chi connectivity index (χ2v) is 7.56. The van der Waals surface area contributed by atoms with Crippen molar-refractivity contribution in [2.24, 2.45) is 0 Å². The molecule has 5 nitrogen and oxygen atoms in total. The van der Waals surface area contributed by atoms with Gasteiger partial charge in [-0.1, -0.05) is 54.6 Å². The number of nitrogens with one attached hydrogen (secondary N) is 1. The minimum Gasteiger partial charge on any atom is -0.373 e. The molecule has 0 amide bonds. The number of anilines is 1. The lowest BCUT2D eigenvalue weighted by atomic mass is 9.97. The lowest BCUT2D eigenvalue weighted by Crippen LogP contribution is -2.47. The SMILES string of the molecule is [NH3+]Cc1ccc(-c2nc3cc[nH+]c(N4CCOCC4)c3cc2-c2ccccc2)cc1. The summed E-state index contributed by atoms with van der Waals surface area (Å²) in [6, 6.07) is 23.4. The average Bonchev–Trinajstić information content (AvgIpc) is 2.84. The number of pyridine rings is 2. The molecule has 1 saturated heterocycles. The molecule has 0 spiro atoms. The molecule has 150 valence electrons. The topological polar surface area (TPSA) is 67.1 Å². The summed E-state index contributed by atoms with van der Waals surface area (Å²) in [6.07, 6.45) is 1.98. The third-order valence-corrected chi connectivity index (χ3v) is 5.70. The molecule has 1 aliphatic heterocycles. The van der Waals surface area contributed by atoms with Gasteiger partial charge in [-0.05, 0) is 11.6 Å². The van der Waals surface area contributed by atoms with E-state index >= 15 is 0 Å². The highest BCUT2D eigenvalue weighted by Crippen LogP contribution is 2.35. The monoisotopic (exact) mass is 398 g/mol. The van der Waals surface area contributed by atoms with Crippen molar-refractivity contribution in [3.05, 3.63) is 78.5 Å². The molecule has 0 unspecified atom stereocenters. The van der Waals surface area contributed by atoms with Crippen molar-refractivity contribution >= 4 is 16.7 Å². The van der Waals surface area contributed by atoms with Crippen molar-refractivity contribution in [3.8, 4) is 22.4 Å². The first-order valence-corrected chi connectivity index (χ1v) is 10.5. The number of aromatic amines is 1. The Morgan fingerprint density at radius 3 is 2.43 bits per heavy atom. The number of fused-ring (bicyclic) bond motifs is 1. The zero-order chi connectivity index (χ0) is 20.3. The molecule has 5 heteroatoms. The van der Waals surface area contributed by atoms with Gasteiger partial charge in [0.15, 0.2) is 0 Å². The van der Waals surface area contributed by atoms with Crippen LogP contribution in [-0.2, 0) is 11.3 Å². The molecule has 0 saturated carbocycles. The number of rotatable bonds is 4.